The molecule has 0 bridgehead atoms. The Morgan fingerprint density at radius 2 is 1.89 bits per heavy atom. The maximum absolute atomic E-state index is 12.3. The maximum atomic E-state index is 12.3. The lowest BCUT2D eigenvalue weighted by molar-refractivity contribution is -0.157. The second-order valence-corrected chi connectivity index (χ2v) is 5.49. The van der Waals surface area contributed by atoms with E-state index in [1.54, 1.807) is 13.8 Å². The number of carbonyl (C=O) groups is 3. The van der Waals surface area contributed by atoms with E-state index in [0.29, 0.717) is 19.4 Å². The zero-order valence-corrected chi connectivity index (χ0v) is 11.2. The Labute approximate surface area is 107 Å². The highest BCUT2D eigenvalue weighted by Crippen LogP contribution is 2.28. The molecule has 5 heteroatoms. The maximum Gasteiger partial charge on any atom is 0.332 e. The summed E-state index contributed by atoms with van der Waals surface area (Å²) in [7, 11) is 0. The summed E-state index contributed by atoms with van der Waals surface area (Å²) in [5.41, 5.74) is -2.51. The van der Waals surface area contributed by atoms with Crippen molar-refractivity contribution >= 4 is 17.5 Å². The van der Waals surface area contributed by atoms with Gasteiger partial charge in [-0.2, -0.15) is 0 Å². The van der Waals surface area contributed by atoms with Crippen LogP contribution < -0.4 is 5.32 Å². The van der Waals surface area contributed by atoms with E-state index in [-0.39, 0.29) is 6.42 Å². The monoisotopic (exact) mass is 255 g/mol. The topological polar surface area (TPSA) is 83.5 Å². The number of ketones is 2. The predicted molar refractivity (Wildman–Crippen MR) is 66.3 cm³/mol. The first-order valence-corrected chi connectivity index (χ1v) is 6.35. The van der Waals surface area contributed by atoms with E-state index >= 15 is 0 Å². The minimum Gasteiger partial charge on any atom is -0.480 e. The molecule has 1 heterocycles. The quantitative estimate of drug-likeness (QED) is 0.569. The van der Waals surface area contributed by atoms with Crippen molar-refractivity contribution in [3.8, 4) is 0 Å². The standard InChI is InChI=1S/C13H21NO4/c1-4-12(2,3)9(15)10(16)13(11(17)18)7-5-6-8-14-13/h14H,4-8H2,1-3H3,(H,17,18). The molecule has 5 nitrogen and oxygen atoms in total. The molecule has 1 aliphatic rings. The van der Waals surface area contributed by atoms with E-state index in [2.05, 4.69) is 5.32 Å². The summed E-state index contributed by atoms with van der Waals surface area (Å²) in [6.45, 7) is 5.61. The Morgan fingerprint density at radius 3 is 2.28 bits per heavy atom. The highest BCUT2D eigenvalue weighted by atomic mass is 16.4. The number of Topliss-reactive ketones (excluding diaryl/α,β-unsaturated/α-hetero) is 2. The molecule has 1 fully saturated rings. The summed E-state index contributed by atoms with van der Waals surface area (Å²) in [6, 6.07) is 0. The summed E-state index contributed by atoms with van der Waals surface area (Å²) >= 11 is 0. The van der Waals surface area contributed by atoms with E-state index in [0.717, 1.165) is 6.42 Å². The molecule has 0 spiro atoms. The highest BCUT2D eigenvalue weighted by Gasteiger charge is 2.51. The Bertz CT molecular complexity index is 367. The molecule has 1 aliphatic heterocycles. The van der Waals surface area contributed by atoms with Crippen LogP contribution in [0.25, 0.3) is 0 Å². The smallest absolute Gasteiger partial charge is 0.332 e. The molecule has 1 atom stereocenters. The lowest BCUT2D eigenvalue weighted by Crippen LogP contribution is -2.63. The van der Waals surface area contributed by atoms with Crippen LogP contribution in [0.15, 0.2) is 0 Å². The molecule has 0 saturated carbocycles. The van der Waals surface area contributed by atoms with Gasteiger partial charge in [-0.05, 0) is 32.2 Å². The number of hydrogen-bond donors (Lipinski definition) is 2. The second kappa shape index (κ2) is 5.18. The number of hydrogen-bond acceptors (Lipinski definition) is 4. The van der Waals surface area contributed by atoms with Crippen LogP contribution in [0, 0.1) is 5.41 Å². The van der Waals surface area contributed by atoms with Gasteiger partial charge in [0.15, 0.2) is 5.54 Å². The first kappa shape index (κ1) is 14.8. The van der Waals surface area contributed by atoms with Gasteiger partial charge >= 0.3 is 5.97 Å². The van der Waals surface area contributed by atoms with Gasteiger partial charge in [-0.25, -0.2) is 4.79 Å². The number of rotatable bonds is 5. The van der Waals surface area contributed by atoms with Crippen LogP contribution >= 0.6 is 0 Å². The van der Waals surface area contributed by atoms with Gasteiger partial charge in [-0.3, -0.25) is 14.9 Å². The van der Waals surface area contributed by atoms with Crippen molar-refractivity contribution in [2.24, 2.45) is 5.41 Å². The van der Waals surface area contributed by atoms with Gasteiger partial charge in [0, 0.05) is 5.41 Å². The van der Waals surface area contributed by atoms with E-state index in [4.69, 9.17) is 0 Å². The minimum absolute atomic E-state index is 0.187. The fraction of sp³-hybridized carbons (Fsp3) is 0.769. The molecule has 102 valence electrons. The van der Waals surface area contributed by atoms with Crippen LogP contribution in [0.5, 0.6) is 0 Å². The predicted octanol–water partition coefficient (Wildman–Crippen LogP) is 1.16. The summed E-state index contributed by atoms with van der Waals surface area (Å²) in [4.78, 5) is 35.8. The summed E-state index contributed by atoms with van der Waals surface area (Å²) in [5.74, 6) is -2.64. The summed E-state index contributed by atoms with van der Waals surface area (Å²) < 4.78 is 0. The van der Waals surface area contributed by atoms with Crippen molar-refractivity contribution in [2.45, 2.75) is 52.0 Å². The zero-order chi connectivity index (χ0) is 14.0. The van der Waals surface area contributed by atoms with E-state index in [1.807, 2.05) is 6.92 Å². The normalized spacial score (nSPS) is 24.6. The molecule has 1 rings (SSSR count). The number of carboxylic acid groups (broad SMARTS) is 1. The fourth-order valence-corrected chi connectivity index (χ4v) is 2.04. The Hall–Kier alpha value is -1.23. The molecule has 0 aromatic carbocycles. The number of piperidine rings is 1. The molecule has 1 saturated heterocycles. The second-order valence-electron chi connectivity index (χ2n) is 5.49. The lowest BCUT2D eigenvalue weighted by Gasteiger charge is -2.34. The van der Waals surface area contributed by atoms with Crippen molar-refractivity contribution < 1.29 is 19.5 Å². The van der Waals surface area contributed by atoms with Gasteiger partial charge in [0.25, 0.3) is 0 Å². The molecular weight excluding hydrogens is 234 g/mol. The van der Waals surface area contributed by atoms with E-state index < -0.39 is 28.5 Å². The third kappa shape index (κ3) is 2.46. The van der Waals surface area contributed by atoms with Crippen LogP contribution in [0.2, 0.25) is 0 Å². The number of carboxylic acids is 1. The van der Waals surface area contributed by atoms with E-state index in [9.17, 15) is 19.5 Å². The number of aliphatic carboxylic acids is 1. The average Bonchev–Trinajstić information content (AvgIpc) is 2.37. The minimum atomic E-state index is -1.71. The SMILES string of the molecule is CCC(C)(C)C(=O)C(=O)C1(C(=O)O)CCCCN1. The molecule has 0 aliphatic carbocycles. The number of nitrogens with one attached hydrogen (secondary N) is 1. The molecule has 2 N–H and O–H groups in total. The Balaban J connectivity index is 3.04. The third-order valence-corrected chi connectivity index (χ3v) is 3.86. The molecule has 0 amide bonds. The molecule has 1 unspecified atom stereocenters. The lowest BCUT2D eigenvalue weighted by atomic mass is 9.75. The van der Waals surface area contributed by atoms with Crippen LogP contribution in [0.3, 0.4) is 0 Å². The molecular formula is C13H21NO4. The van der Waals surface area contributed by atoms with Crippen molar-refractivity contribution in [3.05, 3.63) is 0 Å². The van der Waals surface area contributed by atoms with Crippen LogP contribution in [-0.2, 0) is 14.4 Å². The zero-order valence-electron chi connectivity index (χ0n) is 11.2. The third-order valence-electron chi connectivity index (χ3n) is 3.86. The number of carbonyl (C=O) groups excluding carboxylic acids is 2. The Morgan fingerprint density at radius 1 is 1.28 bits per heavy atom. The average molecular weight is 255 g/mol. The van der Waals surface area contributed by atoms with Crippen molar-refractivity contribution in [1.29, 1.82) is 0 Å². The van der Waals surface area contributed by atoms with Gasteiger partial charge in [-0.1, -0.05) is 20.8 Å². The summed E-state index contributed by atoms with van der Waals surface area (Å²) in [6.07, 6.45) is 2.17. The van der Waals surface area contributed by atoms with Gasteiger partial charge in [-0.15, -0.1) is 0 Å². The molecule has 0 radical (unpaired) electrons. The summed E-state index contributed by atoms with van der Waals surface area (Å²) in [5, 5.41) is 12.0. The van der Waals surface area contributed by atoms with Crippen molar-refractivity contribution in [1.82, 2.24) is 5.32 Å². The van der Waals surface area contributed by atoms with Crippen molar-refractivity contribution in [3.63, 3.8) is 0 Å². The molecule has 0 aromatic rings. The molecule has 0 aromatic heterocycles. The van der Waals surface area contributed by atoms with Crippen LogP contribution in [0.4, 0.5) is 0 Å². The van der Waals surface area contributed by atoms with Gasteiger partial charge < -0.3 is 5.11 Å². The largest absolute Gasteiger partial charge is 0.480 e. The first-order valence-electron chi connectivity index (χ1n) is 6.35. The Kier molecular flexibility index (Phi) is 4.27. The van der Waals surface area contributed by atoms with Crippen molar-refractivity contribution in [2.75, 3.05) is 6.54 Å². The van der Waals surface area contributed by atoms with Crippen LogP contribution in [-0.4, -0.2) is 34.7 Å². The first-order chi connectivity index (χ1) is 8.28. The van der Waals surface area contributed by atoms with Gasteiger partial charge in [0.2, 0.25) is 11.6 Å². The molecule has 18 heavy (non-hydrogen) atoms. The van der Waals surface area contributed by atoms with E-state index in [1.165, 1.54) is 0 Å². The highest BCUT2D eigenvalue weighted by molar-refractivity contribution is 6.46. The van der Waals surface area contributed by atoms with Gasteiger partial charge in [0.05, 0.1) is 0 Å². The van der Waals surface area contributed by atoms with Crippen LogP contribution in [0.1, 0.15) is 46.5 Å². The van der Waals surface area contributed by atoms with Gasteiger partial charge in [0.1, 0.15) is 0 Å². The fourth-order valence-electron chi connectivity index (χ4n) is 2.04.